The number of halogens is 2. The third-order valence-corrected chi connectivity index (χ3v) is 5.84. The van der Waals surface area contributed by atoms with Gasteiger partial charge < -0.3 is 4.90 Å². The Balaban J connectivity index is 1.49. The topological polar surface area (TPSA) is 52.2 Å². The summed E-state index contributed by atoms with van der Waals surface area (Å²) in [5.41, 5.74) is -0.0329. The standard InChI is InChI=1S/C17H24F2N4O/c18-17(19)10-16(11-22(12-17)8-14-6-20-21-7-14)4-5-23(15(16)24)9-13-2-1-3-13/h6-7,13H,1-5,8-12H2,(H,20,21)/t16-/m1/s1. The van der Waals surface area contributed by atoms with Crippen LogP contribution in [0.3, 0.4) is 0 Å². The van der Waals surface area contributed by atoms with Gasteiger partial charge in [0.05, 0.1) is 18.2 Å². The molecule has 1 atom stereocenters. The number of amides is 1. The van der Waals surface area contributed by atoms with Crippen LogP contribution in [0.2, 0.25) is 0 Å². The van der Waals surface area contributed by atoms with Crippen LogP contribution < -0.4 is 0 Å². The smallest absolute Gasteiger partial charge is 0.261 e. The summed E-state index contributed by atoms with van der Waals surface area (Å²) in [5, 5.41) is 6.59. The molecular weight excluding hydrogens is 314 g/mol. The molecule has 4 rings (SSSR count). The minimum atomic E-state index is -2.82. The highest BCUT2D eigenvalue weighted by molar-refractivity contribution is 5.85. The van der Waals surface area contributed by atoms with Crippen molar-refractivity contribution in [2.75, 3.05) is 26.2 Å². The lowest BCUT2D eigenvalue weighted by Gasteiger charge is -2.43. The Labute approximate surface area is 140 Å². The number of piperidine rings is 1. The van der Waals surface area contributed by atoms with Crippen LogP contribution in [0.1, 0.15) is 37.7 Å². The van der Waals surface area contributed by atoms with Crippen molar-refractivity contribution in [1.82, 2.24) is 20.0 Å². The molecule has 0 unspecified atom stereocenters. The molecule has 3 heterocycles. The summed E-state index contributed by atoms with van der Waals surface area (Å²) in [6.07, 6.45) is 7.18. The second kappa shape index (κ2) is 5.79. The molecule has 0 radical (unpaired) electrons. The van der Waals surface area contributed by atoms with Crippen molar-refractivity contribution in [3.8, 4) is 0 Å². The average Bonchev–Trinajstić information content (AvgIpc) is 3.04. The summed E-state index contributed by atoms with van der Waals surface area (Å²) in [6.45, 7) is 1.94. The number of nitrogens with one attached hydrogen (secondary N) is 1. The van der Waals surface area contributed by atoms with E-state index in [4.69, 9.17) is 0 Å². The lowest BCUT2D eigenvalue weighted by atomic mass is 9.76. The molecule has 1 N–H and O–H groups in total. The molecule has 1 aliphatic carbocycles. The molecule has 1 aromatic heterocycles. The van der Waals surface area contributed by atoms with Crippen LogP contribution in [-0.4, -0.2) is 58.0 Å². The lowest BCUT2D eigenvalue weighted by molar-refractivity contribution is -0.155. The molecule has 1 amide bonds. The summed E-state index contributed by atoms with van der Waals surface area (Å²) in [5.74, 6) is -2.29. The maximum Gasteiger partial charge on any atom is 0.261 e. The Morgan fingerprint density at radius 1 is 1.33 bits per heavy atom. The van der Waals surface area contributed by atoms with Gasteiger partial charge in [0.2, 0.25) is 5.91 Å². The Morgan fingerprint density at radius 3 is 2.83 bits per heavy atom. The van der Waals surface area contributed by atoms with E-state index in [0.29, 0.717) is 32.0 Å². The molecule has 1 aromatic rings. The van der Waals surface area contributed by atoms with Gasteiger partial charge in [-0.05, 0) is 25.2 Å². The fraction of sp³-hybridized carbons (Fsp3) is 0.765. The van der Waals surface area contributed by atoms with E-state index >= 15 is 0 Å². The second-order valence-corrected chi connectivity index (χ2v) is 7.86. The third kappa shape index (κ3) is 2.94. The molecule has 0 aromatic carbocycles. The van der Waals surface area contributed by atoms with E-state index in [2.05, 4.69) is 10.2 Å². The van der Waals surface area contributed by atoms with E-state index in [1.54, 1.807) is 17.3 Å². The van der Waals surface area contributed by atoms with Crippen LogP contribution in [-0.2, 0) is 11.3 Å². The van der Waals surface area contributed by atoms with Crippen LogP contribution in [0.15, 0.2) is 12.4 Å². The molecular formula is C17H24F2N4O. The van der Waals surface area contributed by atoms with Gasteiger partial charge in [-0.2, -0.15) is 5.10 Å². The van der Waals surface area contributed by atoms with Crippen molar-refractivity contribution in [1.29, 1.82) is 0 Å². The lowest BCUT2D eigenvalue weighted by Crippen LogP contribution is -2.55. The number of likely N-dealkylation sites (tertiary alicyclic amines) is 2. The number of hydrogen-bond acceptors (Lipinski definition) is 3. The van der Waals surface area contributed by atoms with Crippen LogP contribution in [0.5, 0.6) is 0 Å². The van der Waals surface area contributed by atoms with Gasteiger partial charge in [0, 0.05) is 44.4 Å². The number of H-pyrrole nitrogens is 1. The Hall–Kier alpha value is -1.50. The molecule has 2 saturated heterocycles. The van der Waals surface area contributed by atoms with Gasteiger partial charge in [-0.1, -0.05) is 6.42 Å². The van der Waals surface area contributed by atoms with Crippen molar-refractivity contribution in [3.63, 3.8) is 0 Å². The third-order valence-electron chi connectivity index (χ3n) is 5.84. The largest absolute Gasteiger partial charge is 0.342 e. The summed E-state index contributed by atoms with van der Waals surface area (Å²) in [7, 11) is 0. The predicted molar refractivity (Wildman–Crippen MR) is 84.4 cm³/mol. The number of hydrogen-bond donors (Lipinski definition) is 1. The van der Waals surface area contributed by atoms with Gasteiger partial charge in [-0.25, -0.2) is 8.78 Å². The number of carbonyl (C=O) groups is 1. The van der Waals surface area contributed by atoms with Crippen molar-refractivity contribution < 1.29 is 13.6 Å². The van der Waals surface area contributed by atoms with E-state index in [9.17, 15) is 13.6 Å². The summed E-state index contributed by atoms with van der Waals surface area (Å²) in [4.78, 5) is 16.5. The molecule has 3 fully saturated rings. The molecule has 3 aliphatic rings. The van der Waals surface area contributed by atoms with E-state index < -0.39 is 11.3 Å². The summed E-state index contributed by atoms with van der Waals surface area (Å²) >= 11 is 0. The molecule has 1 saturated carbocycles. The number of aromatic amines is 1. The Morgan fingerprint density at radius 2 is 2.17 bits per heavy atom. The molecule has 0 bridgehead atoms. The van der Waals surface area contributed by atoms with E-state index in [1.807, 2.05) is 4.90 Å². The normalized spacial score (nSPS) is 30.9. The molecule has 2 aliphatic heterocycles. The first kappa shape index (κ1) is 16.0. The zero-order valence-corrected chi connectivity index (χ0v) is 13.8. The number of nitrogens with zero attached hydrogens (tertiary/aromatic N) is 3. The van der Waals surface area contributed by atoms with Gasteiger partial charge in [0.25, 0.3) is 5.92 Å². The summed E-state index contributed by atoms with van der Waals surface area (Å²) in [6, 6.07) is 0. The molecule has 1 spiro atoms. The average molecular weight is 338 g/mol. The molecule has 5 nitrogen and oxygen atoms in total. The highest BCUT2D eigenvalue weighted by Gasteiger charge is 2.56. The first-order valence-electron chi connectivity index (χ1n) is 8.83. The van der Waals surface area contributed by atoms with E-state index in [1.165, 1.54) is 19.3 Å². The Kier molecular flexibility index (Phi) is 3.86. The maximum absolute atomic E-state index is 14.4. The van der Waals surface area contributed by atoms with E-state index in [0.717, 1.165) is 12.1 Å². The zero-order chi connectivity index (χ0) is 16.8. The maximum atomic E-state index is 14.4. The van der Waals surface area contributed by atoms with Gasteiger partial charge in [-0.15, -0.1) is 0 Å². The molecule has 7 heteroatoms. The highest BCUT2D eigenvalue weighted by Crippen LogP contribution is 2.46. The predicted octanol–water partition coefficient (Wildman–Crippen LogP) is 2.27. The minimum absolute atomic E-state index is 0.0500. The number of alkyl halides is 2. The van der Waals surface area contributed by atoms with Crippen molar-refractivity contribution >= 4 is 5.91 Å². The fourth-order valence-corrected chi connectivity index (χ4v) is 4.52. The second-order valence-electron chi connectivity index (χ2n) is 7.86. The quantitative estimate of drug-likeness (QED) is 0.916. The Bertz CT molecular complexity index is 602. The van der Waals surface area contributed by atoms with Crippen LogP contribution >= 0.6 is 0 Å². The zero-order valence-electron chi connectivity index (χ0n) is 13.8. The van der Waals surface area contributed by atoms with Crippen LogP contribution in [0, 0.1) is 11.3 Å². The number of rotatable bonds is 4. The molecule has 132 valence electrons. The van der Waals surface area contributed by atoms with E-state index in [-0.39, 0.29) is 18.9 Å². The van der Waals surface area contributed by atoms with Gasteiger partial charge in [-0.3, -0.25) is 14.8 Å². The van der Waals surface area contributed by atoms with Gasteiger partial charge in [0.15, 0.2) is 0 Å². The number of aromatic nitrogens is 2. The van der Waals surface area contributed by atoms with Crippen LogP contribution in [0.4, 0.5) is 8.78 Å². The van der Waals surface area contributed by atoms with Crippen molar-refractivity contribution in [3.05, 3.63) is 18.0 Å². The van der Waals surface area contributed by atoms with Gasteiger partial charge in [0.1, 0.15) is 0 Å². The first-order chi connectivity index (χ1) is 11.5. The highest BCUT2D eigenvalue weighted by atomic mass is 19.3. The first-order valence-corrected chi connectivity index (χ1v) is 8.83. The number of carbonyl (C=O) groups excluding carboxylic acids is 1. The van der Waals surface area contributed by atoms with Gasteiger partial charge >= 0.3 is 0 Å². The fourth-order valence-electron chi connectivity index (χ4n) is 4.52. The monoisotopic (exact) mass is 338 g/mol. The summed E-state index contributed by atoms with van der Waals surface area (Å²) < 4.78 is 28.8. The minimum Gasteiger partial charge on any atom is -0.342 e. The van der Waals surface area contributed by atoms with Crippen LogP contribution in [0.25, 0.3) is 0 Å². The SMILES string of the molecule is O=C1N(CC2CCC2)CC[C@@]12CN(Cc1cn[nH]c1)CC(F)(F)C2. The van der Waals surface area contributed by atoms with Crippen molar-refractivity contribution in [2.45, 2.75) is 44.6 Å². The molecule has 24 heavy (non-hydrogen) atoms. The van der Waals surface area contributed by atoms with Crippen molar-refractivity contribution in [2.24, 2.45) is 11.3 Å².